The maximum absolute atomic E-state index is 13.9. The van der Waals surface area contributed by atoms with E-state index in [0.29, 0.717) is 0 Å². The number of nitrogens with one attached hydrogen (secondary N) is 1. The number of H-pyrrole nitrogens is 1. The third-order valence-corrected chi connectivity index (χ3v) is 5.13. The Balaban J connectivity index is 2.38. The number of rotatable bonds is 9. The van der Waals surface area contributed by atoms with Crippen molar-refractivity contribution in [2.24, 2.45) is 5.92 Å². The van der Waals surface area contributed by atoms with E-state index in [-0.39, 0.29) is 47.8 Å². The lowest BCUT2D eigenvalue weighted by Crippen LogP contribution is -2.43. The minimum Gasteiger partial charge on any atom is -0.383 e. The smallest absolute Gasteiger partial charge is 0.330 e. The molecule has 0 fully saturated rings. The van der Waals surface area contributed by atoms with Gasteiger partial charge in [0.1, 0.15) is 17.5 Å². The van der Waals surface area contributed by atoms with Gasteiger partial charge in [-0.15, -0.1) is 11.8 Å². The maximum atomic E-state index is 13.9. The molecule has 0 aliphatic carbocycles. The molecule has 2 aromatic rings. The molecule has 0 saturated carbocycles. The molecular weight excluding hydrogens is 418 g/mol. The summed E-state index contributed by atoms with van der Waals surface area (Å²) in [6, 6.07) is 3.04. The zero-order valence-electron chi connectivity index (χ0n) is 16.9. The molecule has 8 nitrogen and oxygen atoms in total. The summed E-state index contributed by atoms with van der Waals surface area (Å²) in [6.07, 6.45) is 0. The maximum Gasteiger partial charge on any atom is 0.330 e. The Bertz CT molecular complexity index is 1020. The minimum absolute atomic E-state index is 0.00500. The van der Waals surface area contributed by atoms with E-state index < -0.39 is 28.8 Å². The van der Waals surface area contributed by atoms with Crippen LogP contribution in [-0.4, -0.2) is 41.5 Å². The molecule has 30 heavy (non-hydrogen) atoms. The van der Waals surface area contributed by atoms with Crippen molar-refractivity contribution in [3.63, 3.8) is 0 Å². The van der Waals surface area contributed by atoms with Crippen molar-refractivity contribution in [2.75, 3.05) is 36.6 Å². The highest BCUT2D eigenvalue weighted by Gasteiger charge is 2.24. The number of carbonyl (C=O) groups excluding carboxylic acids is 1. The highest BCUT2D eigenvalue weighted by Crippen LogP contribution is 2.24. The standard InChI is InChI=1S/C19H24F2N4O4S/c1-11(2)9-25-17(22)16(18(27)23-19(25)28)24(6-7-29-3)15(26)10-30-14-5-4-12(20)8-13(14)21/h4-5,8,11H,6-7,9-10,22H2,1-3H3,(H,23,27,28). The molecule has 0 bridgehead atoms. The van der Waals surface area contributed by atoms with Crippen molar-refractivity contribution in [3.05, 3.63) is 50.7 Å². The number of hydrogen-bond donors (Lipinski definition) is 2. The number of ether oxygens (including phenoxy) is 1. The number of anilines is 2. The van der Waals surface area contributed by atoms with E-state index >= 15 is 0 Å². The highest BCUT2D eigenvalue weighted by atomic mass is 32.2. The largest absolute Gasteiger partial charge is 0.383 e. The fourth-order valence-corrected chi connectivity index (χ4v) is 3.53. The van der Waals surface area contributed by atoms with E-state index in [1.165, 1.54) is 17.7 Å². The molecule has 0 spiro atoms. The van der Waals surface area contributed by atoms with Crippen molar-refractivity contribution in [1.82, 2.24) is 9.55 Å². The van der Waals surface area contributed by atoms with Crippen LogP contribution in [0.15, 0.2) is 32.7 Å². The molecule has 1 aromatic heterocycles. The molecule has 164 valence electrons. The van der Waals surface area contributed by atoms with Crippen molar-refractivity contribution in [2.45, 2.75) is 25.3 Å². The number of thioether (sulfide) groups is 1. The lowest BCUT2D eigenvalue weighted by Gasteiger charge is -2.24. The summed E-state index contributed by atoms with van der Waals surface area (Å²) in [7, 11) is 1.43. The number of aromatic nitrogens is 2. The Morgan fingerprint density at radius 3 is 2.63 bits per heavy atom. The van der Waals surface area contributed by atoms with Crippen LogP contribution < -0.4 is 21.9 Å². The van der Waals surface area contributed by atoms with Crippen LogP contribution in [0.25, 0.3) is 0 Å². The van der Waals surface area contributed by atoms with Crippen LogP contribution in [0.4, 0.5) is 20.3 Å². The normalized spacial score (nSPS) is 11.1. The summed E-state index contributed by atoms with van der Waals surface area (Å²) in [5.41, 5.74) is 4.45. The first-order chi connectivity index (χ1) is 14.1. The van der Waals surface area contributed by atoms with E-state index in [1.807, 2.05) is 13.8 Å². The average Bonchev–Trinajstić information content (AvgIpc) is 2.66. The number of benzene rings is 1. The zero-order chi connectivity index (χ0) is 22.4. The van der Waals surface area contributed by atoms with Crippen LogP contribution in [0.2, 0.25) is 0 Å². The van der Waals surface area contributed by atoms with Crippen LogP contribution >= 0.6 is 11.8 Å². The number of hydrogen-bond acceptors (Lipinski definition) is 6. The molecule has 0 radical (unpaired) electrons. The summed E-state index contributed by atoms with van der Waals surface area (Å²) in [4.78, 5) is 40.9. The molecule has 1 amide bonds. The van der Waals surface area contributed by atoms with Gasteiger partial charge in [0.25, 0.3) is 5.56 Å². The Morgan fingerprint density at radius 2 is 2.03 bits per heavy atom. The van der Waals surface area contributed by atoms with Crippen LogP contribution in [0.1, 0.15) is 13.8 Å². The van der Waals surface area contributed by atoms with Gasteiger partial charge in [-0.3, -0.25) is 19.1 Å². The second kappa shape index (κ2) is 10.4. The molecule has 11 heteroatoms. The average molecular weight is 442 g/mol. The molecule has 0 unspecified atom stereocenters. The minimum atomic E-state index is -0.806. The van der Waals surface area contributed by atoms with Crippen molar-refractivity contribution in [3.8, 4) is 0 Å². The fourth-order valence-electron chi connectivity index (χ4n) is 2.74. The van der Waals surface area contributed by atoms with Crippen LogP contribution in [0, 0.1) is 17.6 Å². The topological polar surface area (TPSA) is 110 Å². The van der Waals surface area contributed by atoms with Gasteiger partial charge < -0.3 is 15.4 Å². The lowest BCUT2D eigenvalue weighted by atomic mass is 10.2. The van der Waals surface area contributed by atoms with Gasteiger partial charge in [-0.2, -0.15) is 0 Å². The summed E-state index contributed by atoms with van der Waals surface area (Å²) in [6.45, 7) is 4.09. The molecule has 0 atom stereocenters. The SMILES string of the molecule is COCCN(C(=O)CSc1ccc(F)cc1F)c1c(N)n(CC(C)C)c(=O)[nH]c1=O. The number of aromatic amines is 1. The van der Waals surface area contributed by atoms with Crippen LogP contribution in [0.5, 0.6) is 0 Å². The number of carbonyl (C=O) groups is 1. The Hall–Kier alpha value is -2.66. The summed E-state index contributed by atoms with van der Waals surface area (Å²) in [5.74, 6) is -2.39. The second-order valence-electron chi connectivity index (χ2n) is 6.90. The molecule has 3 N–H and O–H groups in total. The molecular formula is C19H24F2N4O4S. The second-order valence-corrected chi connectivity index (χ2v) is 7.92. The first kappa shape index (κ1) is 23.6. The van der Waals surface area contributed by atoms with Crippen molar-refractivity contribution < 1.29 is 18.3 Å². The zero-order valence-corrected chi connectivity index (χ0v) is 17.7. The van der Waals surface area contributed by atoms with E-state index in [1.54, 1.807) is 0 Å². The summed E-state index contributed by atoms with van der Waals surface area (Å²) in [5, 5.41) is 0. The number of halogens is 2. The van der Waals surface area contributed by atoms with E-state index in [4.69, 9.17) is 10.5 Å². The van der Waals surface area contributed by atoms with Gasteiger partial charge in [-0.25, -0.2) is 13.6 Å². The molecule has 0 aliphatic rings. The Labute approximate surface area is 176 Å². The van der Waals surface area contributed by atoms with E-state index in [9.17, 15) is 23.2 Å². The van der Waals surface area contributed by atoms with Gasteiger partial charge in [0.05, 0.1) is 12.4 Å². The monoisotopic (exact) mass is 442 g/mol. The molecule has 0 saturated heterocycles. The first-order valence-electron chi connectivity index (χ1n) is 9.15. The summed E-state index contributed by atoms with van der Waals surface area (Å²) < 4.78 is 33.1. The van der Waals surface area contributed by atoms with Crippen LogP contribution in [0.3, 0.4) is 0 Å². The number of methoxy groups -OCH3 is 1. The Morgan fingerprint density at radius 1 is 1.33 bits per heavy atom. The first-order valence-corrected chi connectivity index (χ1v) is 10.1. The fraction of sp³-hybridized carbons (Fsp3) is 0.421. The number of nitrogen functional groups attached to an aromatic ring is 1. The molecule has 1 aromatic carbocycles. The van der Waals surface area contributed by atoms with Gasteiger partial charge in [0.15, 0.2) is 5.69 Å². The highest BCUT2D eigenvalue weighted by molar-refractivity contribution is 8.00. The van der Waals surface area contributed by atoms with Gasteiger partial charge in [-0.05, 0) is 18.1 Å². The lowest BCUT2D eigenvalue weighted by molar-refractivity contribution is -0.116. The van der Waals surface area contributed by atoms with E-state index in [2.05, 4.69) is 4.98 Å². The number of amides is 1. The quantitative estimate of drug-likeness (QED) is 0.574. The number of nitrogens with zero attached hydrogens (tertiary/aromatic N) is 2. The van der Waals surface area contributed by atoms with Gasteiger partial charge >= 0.3 is 5.69 Å². The van der Waals surface area contributed by atoms with Gasteiger partial charge in [0.2, 0.25) is 5.91 Å². The van der Waals surface area contributed by atoms with Gasteiger partial charge in [0, 0.05) is 31.2 Å². The summed E-state index contributed by atoms with van der Waals surface area (Å²) >= 11 is 0.855. The molecule has 1 heterocycles. The predicted octanol–water partition coefficient (Wildman–Crippen LogP) is 1.82. The van der Waals surface area contributed by atoms with Crippen molar-refractivity contribution >= 4 is 29.2 Å². The predicted molar refractivity (Wildman–Crippen MR) is 112 cm³/mol. The van der Waals surface area contributed by atoms with Gasteiger partial charge in [-0.1, -0.05) is 13.8 Å². The molecule has 0 aliphatic heterocycles. The third-order valence-electron chi connectivity index (χ3n) is 4.10. The number of nitrogens with two attached hydrogens (primary N) is 1. The van der Waals surface area contributed by atoms with Crippen molar-refractivity contribution in [1.29, 1.82) is 0 Å². The Kier molecular flexibility index (Phi) is 8.18. The van der Waals surface area contributed by atoms with E-state index in [0.717, 1.165) is 28.8 Å². The third kappa shape index (κ3) is 5.70. The van der Waals surface area contributed by atoms with Crippen LogP contribution in [-0.2, 0) is 16.1 Å². The molecule has 2 rings (SSSR count).